The first kappa shape index (κ1) is 23.7. The number of H-pyrrole nitrogens is 1. The van der Waals surface area contributed by atoms with Crippen LogP contribution >= 0.6 is 0 Å². The number of nitrogens with zero attached hydrogens (tertiary/aromatic N) is 4. The topological polar surface area (TPSA) is 103 Å². The van der Waals surface area contributed by atoms with E-state index in [-0.39, 0.29) is 16.9 Å². The summed E-state index contributed by atoms with van der Waals surface area (Å²) in [5.74, 6) is -1.66. The highest BCUT2D eigenvalue weighted by molar-refractivity contribution is 5.92. The monoisotopic (exact) mass is 472 g/mol. The summed E-state index contributed by atoms with van der Waals surface area (Å²) in [5, 5.41) is 2.61. The van der Waals surface area contributed by atoms with Crippen molar-refractivity contribution in [3.63, 3.8) is 0 Å². The number of nitrogens with one attached hydrogen (secondary N) is 2. The Balaban J connectivity index is 1.39. The number of hydrogen-bond acceptors (Lipinski definition) is 7. The lowest BCUT2D eigenvalue weighted by Gasteiger charge is -2.36. The number of aromatic amines is 1. The molecule has 0 spiro atoms. The number of rotatable bonds is 7. The van der Waals surface area contributed by atoms with Crippen LogP contribution in [0.3, 0.4) is 0 Å². The van der Waals surface area contributed by atoms with E-state index in [4.69, 9.17) is 4.74 Å². The molecule has 1 aliphatic rings. The molecular weight excluding hydrogens is 446 g/mol. The molecule has 2 N–H and O–H groups in total. The van der Waals surface area contributed by atoms with Gasteiger partial charge < -0.3 is 19.9 Å². The van der Waals surface area contributed by atoms with Gasteiger partial charge in [0, 0.05) is 51.9 Å². The molecule has 0 radical (unpaired) electrons. The van der Waals surface area contributed by atoms with Crippen molar-refractivity contribution < 1.29 is 18.3 Å². The first-order valence-electron chi connectivity index (χ1n) is 11.0. The first-order valence-corrected chi connectivity index (χ1v) is 11.0. The molecule has 1 aromatic carbocycles. The lowest BCUT2D eigenvalue weighted by atomic mass is 10.1. The number of hydrogen-bond donors (Lipinski definition) is 2. The van der Waals surface area contributed by atoms with Gasteiger partial charge >= 0.3 is 0 Å². The molecule has 1 fully saturated rings. The number of carbonyl (C=O) groups excluding carboxylic acids is 1. The Hall–Kier alpha value is -3.44. The van der Waals surface area contributed by atoms with Gasteiger partial charge in [0.05, 0.1) is 17.8 Å². The molecule has 2 aromatic heterocycles. The molecule has 0 atom stereocenters. The van der Waals surface area contributed by atoms with Gasteiger partial charge in [-0.25, -0.2) is 14.4 Å². The van der Waals surface area contributed by atoms with Crippen LogP contribution in [0.4, 0.5) is 14.5 Å². The largest absolute Gasteiger partial charge is 0.383 e. The number of halogens is 2. The molecule has 34 heavy (non-hydrogen) atoms. The molecule has 0 aliphatic carbocycles. The van der Waals surface area contributed by atoms with Crippen LogP contribution < -0.4 is 15.8 Å². The number of ether oxygens (including phenoxy) is 1. The SMILES string of the molecule is COCCNC(=O)c1ccc(N2CCN(Cc3ccc4nc(C)c(=O)[nH]c4c3F)CC2)c(F)n1. The summed E-state index contributed by atoms with van der Waals surface area (Å²) in [6.45, 7) is 4.80. The minimum absolute atomic E-state index is 0.00509. The Kier molecular flexibility index (Phi) is 7.13. The minimum atomic E-state index is -0.708. The standard InChI is InChI=1S/C23H26F2N6O3/c1-14-22(32)29-20-16(27-14)4-3-15(19(20)24)13-30-8-10-31(11-9-30)18-6-5-17(28-21(18)25)23(33)26-7-12-34-2/h3-6H,7-13H2,1-2H3,(H,26,33)(H,29,32). The van der Waals surface area contributed by atoms with Gasteiger partial charge in [-0.05, 0) is 25.1 Å². The number of pyridine rings is 1. The lowest BCUT2D eigenvalue weighted by Crippen LogP contribution is -2.46. The van der Waals surface area contributed by atoms with Crippen molar-refractivity contribution in [2.24, 2.45) is 0 Å². The van der Waals surface area contributed by atoms with Crippen molar-refractivity contribution in [2.45, 2.75) is 13.5 Å². The molecule has 4 rings (SSSR count). The lowest BCUT2D eigenvalue weighted by molar-refractivity contribution is 0.0931. The molecule has 0 bridgehead atoms. The van der Waals surface area contributed by atoms with Crippen LogP contribution in [0.25, 0.3) is 11.0 Å². The maximum atomic E-state index is 15.0. The maximum Gasteiger partial charge on any atom is 0.270 e. The molecule has 1 amide bonds. The van der Waals surface area contributed by atoms with Crippen molar-refractivity contribution >= 4 is 22.6 Å². The number of aryl methyl sites for hydroxylation is 1. The highest BCUT2D eigenvalue weighted by Crippen LogP contribution is 2.22. The van der Waals surface area contributed by atoms with Crippen molar-refractivity contribution in [3.05, 3.63) is 63.3 Å². The van der Waals surface area contributed by atoms with Crippen molar-refractivity contribution in [1.82, 2.24) is 25.2 Å². The third kappa shape index (κ3) is 5.05. The van der Waals surface area contributed by atoms with Crippen LogP contribution in [0.15, 0.2) is 29.1 Å². The highest BCUT2D eigenvalue weighted by Gasteiger charge is 2.22. The van der Waals surface area contributed by atoms with Crippen molar-refractivity contribution in [2.75, 3.05) is 51.3 Å². The fraction of sp³-hybridized carbons (Fsp3) is 0.391. The molecule has 1 aliphatic heterocycles. The number of methoxy groups -OCH3 is 1. The van der Waals surface area contributed by atoms with Gasteiger partial charge in [-0.1, -0.05) is 6.07 Å². The second-order valence-corrected chi connectivity index (χ2v) is 8.10. The molecule has 0 saturated carbocycles. The van der Waals surface area contributed by atoms with E-state index in [0.29, 0.717) is 62.6 Å². The van der Waals surface area contributed by atoms with Crippen LogP contribution in [0.1, 0.15) is 21.7 Å². The van der Waals surface area contributed by atoms with Crippen molar-refractivity contribution in [3.8, 4) is 0 Å². The van der Waals surface area contributed by atoms with Gasteiger partial charge in [0.2, 0.25) is 5.95 Å². The molecule has 180 valence electrons. The number of aromatic nitrogens is 3. The molecular formula is C23H26F2N6O3. The van der Waals surface area contributed by atoms with Crippen LogP contribution in [0.5, 0.6) is 0 Å². The van der Waals surface area contributed by atoms with Gasteiger partial charge in [-0.15, -0.1) is 0 Å². The average molecular weight is 472 g/mol. The Bertz CT molecular complexity index is 1260. The van der Waals surface area contributed by atoms with Crippen LogP contribution in [-0.4, -0.2) is 72.2 Å². The Morgan fingerprint density at radius 1 is 1.15 bits per heavy atom. The summed E-state index contributed by atoms with van der Waals surface area (Å²) in [7, 11) is 1.52. The van der Waals surface area contributed by atoms with Gasteiger partial charge in [0.15, 0.2) is 5.82 Å². The zero-order valence-corrected chi connectivity index (χ0v) is 19.0. The third-order valence-corrected chi connectivity index (χ3v) is 5.82. The van der Waals surface area contributed by atoms with E-state index in [9.17, 15) is 18.4 Å². The zero-order valence-electron chi connectivity index (χ0n) is 19.0. The van der Waals surface area contributed by atoms with Crippen molar-refractivity contribution in [1.29, 1.82) is 0 Å². The van der Waals surface area contributed by atoms with E-state index in [1.54, 1.807) is 25.1 Å². The van der Waals surface area contributed by atoms with E-state index < -0.39 is 23.2 Å². The van der Waals surface area contributed by atoms with E-state index in [2.05, 4.69) is 25.2 Å². The zero-order chi connectivity index (χ0) is 24.2. The number of amides is 1. The van der Waals surface area contributed by atoms with E-state index >= 15 is 0 Å². The smallest absolute Gasteiger partial charge is 0.270 e. The van der Waals surface area contributed by atoms with Crippen LogP contribution in [0.2, 0.25) is 0 Å². The van der Waals surface area contributed by atoms with E-state index in [0.717, 1.165) is 0 Å². The normalized spacial score (nSPS) is 14.5. The van der Waals surface area contributed by atoms with Gasteiger partial charge in [0.25, 0.3) is 11.5 Å². The number of carbonyl (C=O) groups is 1. The average Bonchev–Trinajstić information content (AvgIpc) is 2.83. The quantitative estimate of drug-likeness (QED) is 0.398. The summed E-state index contributed by atoms with van der Waals surface area (Å²) in [4.78, 5) is 38.3. The first-order chi connectivity index (χ1) is 16.4. The van der Waals surface area contributed by atoms with Crippen LogP contribution in [-0.2, 0) is 11.3 Å². The second-order valence-electron chi connectivity index (χ2n) is 8.10. The summed E-state index contributed by atoms with van der Waals surface area (Å²) in [6.07, 6.45) is 0. The molecule has 3 aromatic rings. The van der Waals surface area contributed by atoms with Gasteiger partial charge in [-0.3, -0.25) is 14.5 Å². The van der Waals surface area contributed by atoms with E-state index in [1.807, 2.05) is 4.90 Å². The fourth-order valence-electron chi connectivity index (χ4n) is 3.91. The molecule has 3 heterocycles. The Morgan fingerprint density at radius 2 is 1.91 bits per heavy atom. The minimum Gasteiger partial charge on any atom is -0.383 e. The van der Waals surface area contributed by atoms with Gasteiger partial charge in [-0.2, -0.15) is 4.39 Å². The predicted octanol–water partition coefficient (Wildman–Crippen LogP) is 1.60. The Morgan fingerprint density at radius 3 is 2.62 bits per heavy atom. The number of anilines is 1. The van der Waals surface area contributed by atoms with Crippen LogP contribution in [0, 0.1) is 18.7 Å². The number of fused-ring (bicyclic) bond motifs is 1. The Labute approximate surface area is 194 Å². The summed E-state index contributed by atoms with van der Waals surface area (Å²) in [5.41, 5.74) is 1.17. The van der Waals surface area contributed by atoms with Gasteiger partial charge in [0.1, 0.15) is 16.9 Å². The fourth-order valence-corrected chi connectivity index (χ4v) is 3.91. The molecule has 0 unspecified atom stereocenters. The molecule has 1 saturated heterocycles. The maximum absolute atomic E-state index is 15.0. The summed E-state index contributed by atoms with van der Waals surface area (Å²) < 4.78 is 34.5. The summed E-state index contributed by atoms with van der Waals surface area (Å²) in [6, 6.07) is 6.42. The third-order valence-electron chi connectivity index (χ3n) is 5.82. The predicted molar refractivity (Wildman–Crippen MR) is 123 cm³/mol. The molecule has 9 nitrogen and oxygen atoms in total. The number of piperazine rings is 1. The van der Waals surface area contributed by atoms with E-state index in [1.165, 1.54) is 13.2 Å². The second kappa shape index (κ2) is 10.2. The highest BCUT2D eigenvalue weighted by atomic mass is 19.1. The summed E-state index contributed by atoms with van der Waals surface area (Å²) >= 11 is 0. The number of benzene rings is 1. The molecule has 11 heteroatoms.